The standard InChI is InChI=1S/C25H24N2O2S.C15H9ClN2O2S.C15H13N3S.C10H6FNO2.C9H13NO.C5H3ClFN.CH3.ClH.Pt/c1-28-19-10-8-17(24(16-19)29-2)7-9-18-15-20(13-14-27-18)30-25-12-11-23(26)21-5-3-4-6-22(21)25;16-15-9-10(7-8-17-15)21-14-6-5-13(18(19)20)11-3-1-2-4-12(11)14;16-13-5-6-14(12-4-2-1-3-11(12)13)19-10-7-8-18-15(17)9-10;11-9-5-6-10(12(13)14)8-4-2-1-3-7(8)9;1-7-3-4-8(6-10)9(5-7)11-2;6-5-3-4(7)1-2-8-5;;;/h3-6,8,10-16H,7,9,26H2,1-2H3;1-9H;1-9H,16H2,(H2,17,18);1-6H;3-5H,6,10H2,1-2H3;1-3H;1H3;1H;/q;;;;;;-1;;. The number of nitrogens with zero attached hydrogens (tertiary/aromatic N) is 6. The van der Waals surface area contributed by atoms with Crippen molar-refractivity contribution in [3.63, 3.8) is 0 Å². The summed E-state index contributed by atoms with van der Waals surface area (Å²) < 4.78 is 41.2. The number of nitrogens with two attached hydrogens (primary N) is 4. The SMILES string of the molecule is COc1cc(C)ccc1CN.COc1ccc(CCc2cc(Sc3ccc(N)c4ccccc34)ccn2)c(OC)c1.Cl.Fc1ccnc(Cl)c1.Nc1cc(Sc2ccc(N)c3ccccc23)ccn1.O=[N+]([O-])c1ccc(F)c2ccccc12.O=[N+]([O-])c1ccc(Sc2ccnc(Cl)c2)c2ccccc12.[CH3-].[Pt]. The number of non-ortho nitro benzene ring substituents is 2. The van der Waals surface area contributed by atoms with Gasteiger partial charge >= 0.3 is 0 Å². The van der Waals surface area contributed by atoms with E-state index in [0.29, 0.717) is 28.3 Å². The summed E-state index contributed by atoms with van der Waals surface area (Å²) in [5.41, 5.74) is 29.4. The third-order valence-corrected chi connectivity index (χ3v) is 19.0. The fourth-order valence-corrected chi connectivity index (χ4v) is 13.7. The van der Waals surface area contributed by atoms with Crippen LogP contribution in [0.1, 0.15) is 22.4 Å². The molecule has 4 heterocycles. The summed E-state index contributed by atoms with van der Waals surface area (Å²) in [5.74, 6) is 2.25. The maximum Gasteiger partial charge on any atom is 0.277 e. The van der Waals surface area contributed by atoms with Crippen molar-refractivity contribution >= 4 is 143 Å². The number of nitro groups is 2. The van der Waals surface area contributed by atoms with E-state index in [1.807, 2.05) is 128 Å². The van der Waals surface area contributed by atoms with Gasteiger partial charge in [-0.2, -0.15) is 0 Å². The maximum absolute atomic E-state index is 13.2. The van der Waals surface area contributed by atoms with E-state index in [9.17, 15) is 29.0 Å². The van der Waals surface area contributed by atoms with Gasteiger partial charge < -0.3 is 44.6 Å². The number of aryl methyl sites for hydroxylation is 3. The number of aromatic nitrogens is 4. The van der Waals surface area contributed by atoms with Gasteiger partial charge in [-0.3, -0.25) is 25.2 Å². The van der Waals surface area contributed by atoms with Crippen LogP contribution in [0.3, 0.4) is 0 Å². The third-order valence-electron chi connectivity index (χ3n) is 15.4. The Labute approximate surface area is 655 Å². The molecule has 14 rings (SSSR count). The molecule has 0 atom stereocenters. The molecule has 0 spiro atoms. The van der Waals surface area contributed by atoms with E-state index in [1.54, 1.807) is 93.6 Å². The molecule has 0 radical (unpaired) electrons. The van der Waals surface area contributed by atoms with Crippen LogP contribution in [0.5, 0.6) is 17.2 Å². The van der Waals surface area contributed by atoms with Crippen molar-refractivity contribution < 1.29 is 53.9 Å². The number of nitrogen functional groups attached to an aromatic ring is 3. The largest absolute Gasteiger partial charge is 0.497 e. The first-order valence-electron chi connectivity index (χ1n) is 31.5. The molecule has 0 saturated carbocycles. The van der Waals surface area contributed by atoms with Crippen molar-refractivity contribution in [2.24, 2.45) is 5.73 Å². The Morgan fingerprint density at radius 3 is 1.38 bits per heavy atom. The number of hydrogen-bond donors (Lipinski definition) is 4. The second kappa shape index (κ2) is 42.1. The smallest absolute Gasteiger partial charge is 0.277 e. The zero-order chi connectivity index (χ0) is 73.4. The van der Waals surface area contributed by atoms with Crippen LogP contribution in [0.15, 0.2) is 285 Å². The first-order valence-corrected chi connectivity index (χ1v) is 34.7. The van der Waals surface area contributed by atoms with Crippen LogP contribution in [-0.4, -0.2) is 51.1 Å². The molecular weight excluding hydrogens is 1650 g/mol. The quantitative estimate of drug-likeness (QED) is 0.0244. The molecule has 0 aliphatic carbocycles. The van der Waals surface area contributed by atoms with Crippen LogP contribution in [0.25, 0.3) is 43.1 Å². The molecule has 0 unspecified atom stereocenters. The van der Waals surface area contributed by atoms with E-state index in [1.165, 1.54) is 64.1 Å². The number of methoxy groups -OCH3 is 3. The number of rotatable bonds is 15. The van der Waals surface area contributed by atoms with Crippen molar-refractivity contribution in [3.8, 4) is 17.2 Å². The minimum Gasteiger partial charge on any atom is -0.497 e. The average molecular weight is 1720 g/mol. The number of nitro benzene ring substituents is 2. The van der Waals surface area contributed by atoms with Gasteiger partial charge in [0.25, 0.3) is 11.4 Å². The van der Waals surface area contributed by atoms with Crippen molar-refractivity contribution in [2.45, 2.75) is 55.7 Å². The zero-order valence-electron chi connectivity index (χ0n) is 57.7. The van der Waals surface area contributed by atoms with Crippen molar-refractivity contribution in [3.05, 3.63) is 327 Å². The molecule has 17 nitrogen and oxygen atoms in total. The molecule has 0 aliphatic heterocycles. The number of anilines is 3. The Hall–Kier alpha value is -10.1. The number of fused-ring (bicyclic) bond motifs is 4. The molecule has 0 saturated heterocycles. The molecule has 106 heavy (non-hydrogen) atoms. The van der Waals surface area contributed by atoms with Crippen molar-refractivity contribution in [1.29, 1.82) is 0 Å². The van der Waals surface area contributed by atoms with Gasteiger partial charge in [0.1, 0.15) is 45.0 Å². The molecule has 0 bridgehead atoms. The molecular formula is C80H72Cl3F2N10O7PtS3-. The number of hydrogen-bond acceptors (Lipinski definition) is 18. The summed E-state index contributed by atoms with van der Waals surface area (Å²) in [6.45, 7) is 2.56. The number of pyridine rings is 4. The normalized spacial score (nSPS) is 10.2. The maximum atomic E-state index is 13.2. The summed E-state index contributed by atoms with van der Waals surface area (Å²) >= 11 is 16.1. The molecule has 10 aromatic carbocycles. The molecule has 0 aliphatic rings. The molecule has 0 amide bonds. The zero-order valence-corrected chi connectivity index (χ0v) is 64.7. The first kappa shape index (κ1) is 84.8. The first-order chi connectivity index (χ1) is 49.8. The van der Waals surface area contributed by atoms with Crippen molar-refractivity contribution in [1.82, 2.24) is 19.9 Å². The van der Waals surface area contributed by atoms with Gasteiger partial charge in [0.15, 0.2) is 0 Å². The van der Waals surface area contributed by atoms with Gasteiger partial charge in [-0.25, -0.2) is 23.7 Å². The van der Waals surface area contributed by atoms with Crippen LogP contribution >= 0.6 is 70.9 Å². The predicted molar refractivity (Wildman–Crippen MR) is 428 cm³/mol. The molecule has 14 aromatic rings. The van der Waals surface area contributed by atoms with Crippen molar-refractivity contribution in [2.75, 3.05) is 38.5 Å². The van der Waals surface area contributed by atoms with Gasteiger partial charge in [-0.05, 0) is 145 Å². The Balaban J connectivity index is 0.000000207. The summed E-state index contributed by atoms with van der Waals surface area (Å²) in [4.78, 5) is 43.4. The minimum absolute atomic E-state index is 0. The monoisotopic (exact) mass is 1720 g/mol. The van der Waals surface area contributed by atoms with Gasteiger partial charge in [0.2, 0.25) is 0 Å². The number of halogens is 5. The van der Waals surface area contributed by atoms with E-state index in [2.05, 4.69) is 56.3 Å². The summed E-state index contributed by atoms with van der Waals surface area (Å²) in [7, 11) is 5.00. The molecule has 0 fully saturated rings. The Morgan fingerprint density at radius 1 is 0.453 bits per heavy atom. The third kappa shape index (κ3) is 23.7. The number of benzene rings is 10. The van der Waals surface area contributed by atoms with E-state index < -0.39 is 10.7 Å². The average Bonchev–Trinajstić information content (AvgIpc) is 0.815. The second-order valence-electron chi connectivity index (χ2n) is 22.2. The van der Waals surface area contributed by atoms with Gasteiger partial charge in [-0.15, -0.1) is 12.4 Å². The Bertz CT molecular complexity index is 5280. The summed E-state index contributed by atoms with van der Waals surface area (Å²) in [5, 5.41) is 28.9. The molecule has 8 N–H and O–H groups in total. The van der Waals surface area contributed by atoms with Crippen LogP contribution in [0.2, 0.25) is 10.3 Å². The number of ether oxygens (including phenoxy) is 3. The van der Waals surface area contributed by atoms with Crippen LogP contribution in [0.4, 0.5) is 37.3 Å². The fourth-order valence-electron chi connectivity index (χ4n) is 10.4. The van der Waals surface area contributed by atoms with E-state index >= 15 is 0 Å². The second-order valence-corrected chi connectivity index (χ2v) is 26.3. The van der Waals surface area contributed by atoms with Gasteiger partial charge in [-0.1, -0.05) is 162 Å². The van der Waals surface area contributed by atoms with Gasteiger partial charge in [0, 0.05) is 150 Å². The molecule has 26 heteroatoms. The topological polar surface area (TPSA) is 270 Å². The summed E-state index contributed by atoms with van der Waals surface area (Å²) in [6, 6.07) is 69.7. The van der Waals surface area contributed by atoms with E-state index in [0.717, 1.165) is 116 Å². The Morgan fingerprint density at radius 2 is 0.887 bits per heavy atom. The van der Waals surface area contributed by atoms with Gasteiger partial charge in [0.05, 0.1) is 41.9 Å². The van der Waals surface area contributed by atoms with E-state index in [-0.39, 0.29) is 73.6 Å². The Kier molecular flexibility index (Phi) is 33.7. The van der Waals surface area contributed by atoms with Crippen LogP contribution < -0.4 is 37.1 Å². The van der Waals surface area contributed by atoms with Crippen LogP contribution in [-0.2, 0) is 40.5 Å². The van der Waals surface area contributed by atoms with E-state index in [4.69, 9.17) is 60.3 Å². The predicted octanol–water partition coefficient (Wildman–Crippen LogP) is 21.4. The fraction of sp³-hybridized carbons (Fsp3) is 0.0875. The minimum atomic E-state index is -0.512. The van der Waals surface area contributed by atoms with Crippen LogP contribution in [0, 0.1) is 46.2 Å². The molecule has 548 valence electrons. The molecule has 4 aromatic heterocycles. The summed E-state index contributed by atoms with van der Waals surface area (Å²) in [6.07, 6.45) is 8.23.